The Bertz CT molecular complexity index is 243. The van der Waals surface area contributed by atoms with Gasteiger partial charge in [0.05, 0.1) is 0 Å². The normalized spacial score (nSPS) is 20.7. The highest BCUT2D eigenvalue weighted by atomic mass is 16.1. The first-order chi connectivity index (χ1) is 8.54. The number of amides is 1. The van der Waals surface area contributed by atoms with Crippen LogP contribution in [0.5, 0.6) is 0 Å². The summed E-state index contributed by atoms with van der Waals surface area (Å²) in [6, 6.07) is 0.310. The van der Waals surface area contributed by atoms with Crippen molar-refractivity contribution in [3.05, 3.63) is 0 Å². The molecule has 0 heterocycles. The van der Waals surface area contributed by atoms with Crippen LogP contribution in [0.25, 0.3) is 0 Å². The van der Waals surface area contributed by atoms with Gasteiger partial charge in [-0.1, -0.05) is 52.9 Å². The van der Waals surface area contributed by atoms with Gasteiger partial charge in [-0.05, 0) is 31.6 Å². The lowest BCUT2D eigenvalue weighted by Gasteiger charge is -2.29. The minimum absolute atomic E-state index is 0.210. The Labute approximate surface area is 113 Å². The molecule has 2 atom stereocenters. The number of nitrogens with one attached hydrogen (secondary N) is 1. The largest absolute Gasteiger partial charge is 0.353 e. The van der Waals surface area contributed by atoms with Crippen molar-refractivity contribution in [2.24, 2.45) is 17.8 Å². The van der Waals surface area contributed by atoms with Crippen LogP contribution < -0.4 is 5.32 Å². The second kappa shape index (κ2) is 7.81. The molecule has 0 saturated heterocycles. The van der Waals surface area contributed by atoms with Gasteiger partial charge in [-0.15, -0.1) is 0 Å². The van der Waals surface area contributed by atoms with E-state index in [4.69, 9.17) is 0 Å². The van der Waals surface area contributed by atoms with E-state index in [0.717, 1.165) is 18.8 Å². The lowest BCUT2D eigenvalue weighted by Crippen LogP contribution is -2.39. The van der Waals surface area contributed by atoms with Crippen LogP contribution in [0.15, 0.2) is 0 Å². The van der Waals surface area contributed by atoms with Gasteiger partial charge in [-0.3, -0.25) is 4.79 Å². The molecule has 0 aromatic rings. The van der Waals surface area contributed by atoms with E-state index >= 15 is 0 Å². The van der Waals surface area contributed by atoms with Crippen molar-refractivity contribution in [1.82, 2.24) is 5.32 Å². The molecular weight excluding hydrogens is 222 g/mol. The summed E-state index contributed by atoms with van der Waals surface area (Å²) in [6.45, 7) is 8.58. The minimum Gasteiger partial charge on any atom is -0.353 e. The molecule has 0 spiro atoms. The predicted molar refractivity (Wildman–Crippen MR) is 77.4 cm³/mol. The van der Waals surface area contributed by atoms with E-state index in [0.29, 0.717) is 12.0 Å². The maximum atomic E-state index is 12.3. The lowest BCUT2D eigenvalue weighted by atomic mass is 9.79. The number of carbonyl (C=O) groups is 1. The van der Waals surface area contributed by atoms with Crippen LogP contribution in [0, 0.1) is 17.8 Å². The summed E-state index contributed by atoms with van der Waals surface area (Å²) in [5.41, 5.74) is 0. The van der Waals surface area contributed by atoms with Gasteiger partial charge < -0.3 is 5.32 Å². The Morgan fingerprint density at radius 2 is 1.78 bits per heavy atom. The highest BCUT2D eigenvalue weighted by Crippen LogP contribution is 2.31. The van der Waals surface area contributed by atoms with Crippen LogP contribution in [0.3, 0.4) is 0 Å². The fourth-order valence-corrected chi connectivity index (χ4v) is 2.92. The molecule has 1 aliphatic carbocycles. The van der Waals surface area contributed by atoms with E-state index < -0.39 is 0 Å². The number of rotatable bonds is 6. The summed E-state index contributed by atoms with van der Waals surface area (Å²) in [7, 11) is 0. The SMILES string of the molecule is CC[C@H](C)NC(=O)[C@H](CC1CCCCC1)C(C)C. The van der Waals surface area contributed by atoms with Crippen LogP contribution in [0.2, 0.25) is 0 Å². The molecule has 0 aromatic carbocycles. The summed E-state index contributed by atoms with van der Waals surface area (Å²) in [5.74, 6) is 1.73. The molecule has 0 bridgehead atoms. The summed E-state index contributed by atoms with van der Waals surface area (Å²) in [5, 5.41) is 3.16. The van der Waals surface area contributed by atoms with Gasteiger partial charge in [0, 0.05) is 12.0 Å². The molecule has 1 rings (SSSR count). The maximum absolute atomic E-state index is 12.3. The summed E-state index contributed by atoms with van der Waals surface area (Å²) < 4.78 is 0. The van der Waals surface area contributed by atoms with E-state index in [1.54, 1.807) is 0 Å². The zero-order chi connectivity index (χ0) is 13.5. The van der Waals surface area contributed by atoms with Crippen molar-refractivity contribution in [3.63, 3.8) is 0 Å². The molecule has 1 N–H and O–H groups in total. The van der Waals surface area contributed by atoms with Gasteiger partial charge in [0.2, 0.25) is 5.91 Å². The highest BCUT2D eigenvalue weighted by Gasteiger charge is 2.27. The van der Waals surface area contributed by atoms with Crippen molar-refractivity contribution < 1.29 is 4.79 Å². The number of carbonyl (C=O) groups excluding carboxylic acids is 1. The fourth-order valence-electron chi connectivity index (χ4n) is 2.92. The third kappa shape index (κ3) is 4.99. The van der Waals surface area contributed by atoms with Crippen LogP contribution >= 0.6 is 0 Å². The Hall–Kier alpha value is -0.530. The first-order valence-electron chi connectivity index (χ1n) is 7.85. The second-order valence-electron chi connectivity index (χ2n) is 6.41. The van der Waals surface area contributed by atoms with Gasteiger partial charge >= 0.3 is 0 Å². The molecule has 0 aromatic heterocycles. The van der Waals surface area contributed by atoms with E-state index in [9.17, 15) is 4.79 Å². The Kier molecular flexibility index (Phi) is 6.73. The average Bonchev–Trinajstić information content (AvgIpc) is 2.36. The molecule has 1 fully saturated rings. The molecule has 1 saturated carbocycles. The van der Waals surface area contributed by atoms with Gasteiger partial charge in [0.25, 0.3) is 0 Å². The summed E-state index contributed by atoms with van der Waals surface area (Å²) >= 11 is 0. The van der Waals surface area contributed by atoms with E-state index in [1.165, 1.54) is 32.1 Å². The van der Waals surface area contributed by atoms with Crippen molar-refractivity contribution in [2.45, 2.75) is 78.7 Å². The molecule has 0 unspecified atom stereocenters. The van der Waals surface area contributed by atoms with Crippen molar-refractivity contribution >= 4 is 5.91 Å². The summed E-state index contributed by atoms with van der Waals surface area (Å²) in [4.78, 5) is 12.3. The van der Waals surface area contributed by atoms with Crippen LogP contribution in [-0.2, 0) is 4.79 Å². The molecule has 1 amide bonds. The van der Waals surface area contributed by atoms with E-state index in [2.05, 4.69) is 33.0 Å². The molecular formula is C16H31NO. The fraction of sp³-hybridized carbons (Fsp3) is 0.938. The molecule has 1 aliphatic rings. The quantitative estimate of drug-likeness (QED) is 0.757. The molecule has 2 heteroatoms. The molecule has 0 radical (unpaired) electrons. The maximum Gasteiger partial charge on any atom is 0.223 e. The molecule has 18 heavy (non-hydrogen) atoms. The zero-order valence-electron chi connectivity index (χ0n) is 12.7. The van der Waals surface area contributed by atoms with Crippen LogP contribution in [-0.4, -0.2) is 11.9 Å². The van der Waals surface area contributed by atoms with Crippen molar-refractivity contribution in [2.75, 3.05) is 0 Å². The molecule has 106 valence electrons. The van der Waals surface area contributed by atoms with Gasteiger partial charge in [-0.2, -0.15) is 0 Å². The first-order valence-corrected chi connectivity index (χ1v) is 7.85. The van der Waals surface area contributed by atoms with E-state index in [-0.39, 0.29) is 11.8 Å². The number of hydrogen-bond donors (Lipinski definition) is 1. The standard InChI is InChI=1S/C16H31NO/c1-5-13(4)17-16(18)15(12(2)3)11-14-9-7-6-8-10-14/h12-15H,5-11H2,1-4H3,(H,17,18)/t13-,15+/m0/s1. The first kappa shape index (κ1) is 15.5. The topological polar surface area (TPSA) is 29.1 Å². The third-order valence-corrected chi connectivity index (χ3v) is 4.45. The van der Waals surface area contributed by atoms with Gasteiger partial charge in [-0.25, -0.2) is 0 Å². The van der Waals surface area contributed by atoms with Crippen molar-refractivity contribution in [1.29, 1.82) is 0 Å². The Morgan fingerprint density at radius 1 is 1.17 bits per heavy atom. The Balaban J connectivity index is 2.50. The highest BCUT2D eigenvalue weighted by molar-refractivity contribution is 5.79. The molecule has 2 nitrogen and oxygen atoms in total. The lowest BCUT2D eigenvalue weighted by molar-refractivity contribution is -0.127. The van der Waals surface area contributed by atoms with Gasteiger partial charge in [0.1, 0.15) is 0 Å². The zero-order valence-corrected chi connectivity index (χ0v) is 12.7. The van der Waals surface area contributed by atoms with E-state index in [1.807, 2.05) is 0 Å². The smallest absolute Gasteiger partial charge is 0.223 e. The minimum atomic E-state index is 0.210. The third-order valence-electron chi connectivity index (χ3n) is 4.45. The predicted octanol–water partition coefficient (Wildman–Crippen LogP) is 4.14. The van der Waals surface area contributed by atoms with Gasteiger partial charge in [0.15, 0.2) is 0 Å². The van der Waals surface area contributed by atoms with Crippen LogP contribution in [0.4, 0.5) is 0 Å². The number of hydrogen-bond acceptors (Lipinski definition) is 1. The monoisotopic (exact) mass is 253 g/mol. The molecule has 0 aliphatic heterocycles. The average molecular weight is 253 g/mol. The Morgan fingerprint density at radius 3 is 2.28 bits per heavy atom. The second-order valence-corrected chi connectivity index (χ2v) is 6.41. The van der Waals surface area contributed by atoms with Crippen molar-refractivity contribution in [3.8, 4) is 0 Å². The summed E-state index contributed by atoms with van der Waals surface area (Å²) in [6.07, 6.45) is 8.90. The van der Waals surface area contributed by atoms with Crippen LogP contribution in [0.1, 0.15) is 72.6 Å².